The fraction of sp³-hybridized carbons (Fsp3) is 0.286. The van der Waals surface area contributed by atoms with Gasteiger partial charge in [0.1, 0.15) is 0 Å². The lowest BCUT2D eigenvalue weighted by atomic mass is 10.2. The fourth-order valence-corrected chi connectivity index (χ4v) is 1.79. The van der Waals surface area contributed by atoms with Gasteiger partial charge in [0.05, 0.1) is 0 Å². The Bertz CT molecular complexity index is 505. The minimum absolute atomic E-state index is 0.0695. The molecule has 0 saturated heterocycles. The van der Waals surface area contributed by atoms with Crippen molar-refractivity contribution in [1.82, 2.24) is 14.9 Å². The van der Waals surface area contributed by atoms with E-state index in [1.165, 1.54) is 5.69 Å². The molecular weight excluding hydrogens is 226 g/mol. The molecular formula is C14H17N3O. The Hall–Kier alpha value is -2.10. The van der Waals surface area contributed by atoms with Gasteiger partial charge in [-0.25, -0.2) is 0 Å². The molecule has 0 unspecified atom stereocenters. The van der Waals surface area contributed by atoms with Crippen molar-refractivity contribution in [2.75, 3.05) is 0 Å². The Morgan fingerprint density at radius 3 is 2.94 bits per heavy atom. The Morgan fingerprint density at radius 1 is 1.39 bits per heavy atom. The summed E-state index contributed by atoms with van der Waals surface area (Å²) in [6, 6.07) is 7.84. The molecule has 0 aromatic carbocycles. The highest BCUT2D eigenvalue weighted by atomic mass is 16.1. The van der Waals surface area contributed by atoms with Crippen LogP contribution in [0.4, 0.5) is 0 Å². The van der Waals surface area contributed by atoms with Crippen molar-refractivity contribution >= 4 is 5.91 Å². The van der Waals surface area contributed by atoms with Crippen molar-refractivity contribution < 1.29 is 4.79 Å². The lowest BCUT2D eigenvalue weighted by Gasteiger charge is -2.05. The molecule has 0 fully saturated rings. The first-order valence-electron chi connectivity index (χ1n) is 6.01. The molecule has 2 aromatic heterocycles. The van der Waals surface area contributed by atoms with Gasteiger partial charge in [0, 0.05) is 44.3 Å². The highest BCUT2D eigenvalue weighted by Crippen LogP contribution is 2.03. The molecule has 4 nitrogen and oxygen atoms in total. The molecule has 0 aliphatic carbocycles. The molecule has 0 radical (unpaired) electrons. The molecule has 0 saturated carbocycles. The number of hydrogen-bond donors (Lipinski definition) is 1. The molecule has 94 valence electrons. The van der Waals surface area contributed by atoms with Crippen LogP contribution in [0.1, 0.15) is 17.7 Å². The van der Waals surface area contributed by atoms with Crippen molar-refractivity contribution in [3.05, 3.63) is 54.1 Å². The average Bonchev–Trinajstić information content (AvgIpc) is 2.81. The van der Waals surface area contributed by atoms with Gasteiger partial charge in [-0.1, -0.05) is 6.07 Å². The van der Waals surface area contributed by atoms with E-state index in [1.54, 1.807) is 12.4 Å². The third kappa shape index (κ3) is 3.45. The SMILES string of the molecule is Cn1cccc1CCC(=O)NCc1cccnc1. The van der Waals surface area contributed by atoms with Crippen LogP contribution >= 0.6 is 0 Å². The number of pyridine rings is 1. The molecule has 0 aliphatic heterocycles. The quantitative estimate of drug-likeness (QED) is 0.868. The molecule has 0 atom stereocenters. The average molecular weight is 243 g/mol. The minimum atomic E-state index is 0.0695. The summed E-state index contributed by atoms with van der Waals surface area (Å²) in [4.78, 5) is 15.7. The van der Waals surface area contributed by atoms with Crippen LogP contribution in [0.3, 0.4) is 0 Å². The summed E-state index contributed by atoms with van der Waals surface area (Å²) in [5.41, 5.74) is 2.19. The number of hydrogen-bond acceptors (Lipinski definition) is 2. The van der Waals surface area contributed by atoms with Crippen molar-refractivity contribution in [3.8, 4) is 0 Å². The lowest BCUT2D eigenvalue weighted by Crippen LogP contribution is -2.23. The van der Waals surface area contributed by atoms with Crippen molar-refractivity contribution in [2.24, 2.45) is 7.05 Å². The summed E-state index contributed by atoms with van der Waals surface area (Å²) in [5.74, 6) is 0.0695. The first-order chi connectivity index (χ1) is 8.75. The molecule has 2 heterocycles. The highest BCUT2D eigenvalue weighted by Gasteiger charge is 2.04. The van der Waals surface area contributed by atoms with Crippen LogP contribution in [0.5, 0.6) is 0 Å². The number of nitrogens with zero attached hydrogens (tertiary/aromatic N) is 2. The van der Waals surface area contributed by atoms with Gasteiger partial charge in [0.15, 0.2) is 0 Å². The zero-order valence-corrected chi connectivity index (χ0v) is 10.5. The van der Waals surface area contributed by atoms with Crippen LogP contribution in [0.25, 0.3) is 0 Å². The smallest absolute Gasteiger partial charge is 0.220 e. The summed E-state index contributed by atoms with van der Waals surface area (Å²) in [6.07, 6.45) is 6.75. The van der Waals surface area contributed by atoms with E-state index in [-0.39, 0.29) is 5.91 Å². The van der Waals surface area contributed by atoms with Gasteiger partial charge in [0.25, 0.3) is 0 Å². The van der Waals surface area contributed by atoms with Crippen LogP contribution < -0.4 is 5.32 Å². The summed E-state index contributed by atoms with van der Waals surface area (Å²) in [5, 5.41) is 2.89. The first kappa shape index (κ1) is 12.4. The van der Waals surface area contributed by atoms with Crippen molar-refractivity contribution in [3.63, 3.8) is 0 Å². The van der Waals surface area contributed by atoms with Gasteiger partial charge in [-0.2, -0.15) is 0 Å². The number of rotatable bonds is 5. The number of aromatic nitrogens is 2. The summed E-state index contributed by atoms with van der Waals surface area (Å²) in [7, 11) is 1.99. The predicted octanol–water partition coefficient (Wildman–Crippen LogP) is 1.67. The van der Waals surface area contributed by atoms with Crippen molar-refractivity contribution in [1.29, 1.82) is 0 Å². The van der Waals surface area contributed by atoms with E-state index in [0.29, 0.717) is 13.0 Å². The maximum Gasteiger partial charge on any atom is 0.220 e. The predicted molar refractivity (Wildman–Crippen MR) is 69.8 cm³/mol. The summed E-state index contributed by atoms with van der Waals surface area (Å²) in [6.45, 7) is 0.541. The molecule has 0 aliphatic rings. The zero-order chi connectivity index (χ0) is 12.8. The van der Waals surface area contributed by atoms with Crippen LogP contribution in [0.15, 0.2) is 42.9 Å². The normalized spacial score (nSPS) is 10.3. The van der Waals surface area contributed by atoms with E-state index in [0.717, 1.165) is 12.0 Å². The van der Waals surface area contributed by atoms with Gasteiger partial charge in [-0.15, -0.1) is 0 Å². The summed E-state index contributed by atoms with van der Waals surface area (Å²) < 4.78 is 2.04. The molecule has 0 bridgehead atoms. The van der Waals surface area contributed by atoms with Gasteiger partial charge >= 0.3 is 0 Å². The maximum absolute atomic E-state index is 11.7. The van der Waals surface area contributed by atoms with E-state index >= 15 is 0 Å². The van der Waals surface area contributed by atoms with Crippen LogP contribution in [-0.2, 0) is 24.8 Å². The Kier molecular flexibility index (Phi) is 4.12. The van der Waals surface area contributed by atoms with Gasteiger partial charge in [0.2, 0.25) is 5.91 Å². The second kappa shape index (κ2) is 6.00. The van der Waals surface area contributed by atoms with E-state index in [4.69, 9.17) is 0 Å². The molecule has 18 heavy (non-hydrogen) atoms. The van der Waals surface area contributed by atoms with Crippen LogP contribution in [0.2, 0.25) is 0 Å². The minimum Gasteiger partial charge on any atom is -0.354 e. The zero-order valence-electron chi connectivity index (χ0n) is 10.5. The molecule has 1 N–H and O–H groups in total. The van der Waals surface area contributed by atoms with Gasteiger partial charge in [-0.3, -0.25) is 9.78 Å². The van der Waals surface area contributed by atoms with E-state index in [9.17, 15) is 4.79 Å². The second-order valence-electron chi connectivity index (χ2n) is 4.25. The molecule has 1 amide bonds. The monoisotopic (exact) mass is 243 g/mol. The van der Waals surface area contributed by atoms with Gasteiger partial charge in [-0.05, 0) is 30.2 Å². The van der Waals surface area contributed by atoms with Crippen LogP contribution in [0, 0.1) is 0 Å². The number of nitrogens with one attached hydrogen (secondary N) is 1. The molecule has 2 aromatic rings. The van der Waals surface area contributed by atoms with E-state index in [1.807, 2.05) is 42.1 Å². The highest BCUT2D eigenvalue weighted by molar-refractivity contribution is 5.76. The number of aryl methyl sites for hydroxylation is 2. The molecule has 4 heteroatoms. The maximum atomic E-state index is 11.7. The molecule has 0 spiro atoms. The fourth-order valence-electron chi connectivity index (χ4n) is 1.79. The third-order valence-corrected chi connectivity index (χ3v) is 2.87. The standard InChI is InChI=1S/C14H17N3O/c1-17-9-3-5-13(17)6-7-14(18)16-11-12-4-2-8-15-10-12/h2-5,8-10H,6-7,11H2,1H3,(H,16,18). The Morgan fingerprint density at radius 2 is 2.28 bits per heavy atom. The third-order valence-electron chi connectivity index (χ3n) is 2.87. The van der Waals surface area contributed by atoms with E-state index in [2.05, 4.69) is 10.3 Å². The largest absolute Gasteiger partial charge is 0.354 e. The Balaban J connectivity index is 1.75. The first-order valence-corrected chi connectivity index (χ1v) is 6.01. The number of amides is 1. The van der Waals surface area contributed by atoms with Crippen LogP contribution in [-0.4, -0.2) is 15.5 Å². The van der Waals surface area contributed by atoms with Gasteiger partial charge < -0.3 is 9.88 Å². The lowest BCUT2D eigenvalue weighted by molar-refractivity contribution is -0.121. The number of carbonyl (C=O) groups is 1. The topological polar surface area (TPSA) is 46.9 Å². The van der Waals surface area contributed by atoms with E-state index < -0.39 is 0 Å². The molecule has 2 rings (SSSR count). The summed E-state index contributed by atoms with van der Waals surface area (Å²) >= 11 is 0. The van der Waals surface area contributed by atoms with Crippen molar-refractivity contribution in [2.45, 2.75) is 19.4 Å². The second-order valence-corrected chi connectivity index (χ2v) is 4.25. The number of carbonyl (C=O) groups excluding carboxylic acids is 1. The Labute approximate surface area is 107 Å².